The normalized spacial score (nSPS) is 32.3. The fraction of sp³-hybridized carbons (Fsp3) is 0.889. The fourth-order valence-corrected chi connectivity index (χ4v) is 1.43. The Morgan fingerprint density at radius 1 is 1.50 bits per heavy atom. The van der Waals surface area contributed by atoms with Gasteiger partial charge in [0.2, 0.25) is 0 Å². The Morgan fingerprint density at radius 3 is 2.50 bits per heavy atom. The summed E-state index contributed by atoms with van der Waals surface area (Å²) in [4.78, 5) is 11.0. The highest BCUT2D eigenvalue weighted by atomic mass is 16.1. The van der Waals surface area contributed by atoms with Crippen molar-refractivity contribution in [1.82, 2.24) is 0 Å². The smallest absolute Gasteiger partial charge is 0.133 e. The molecule has 1 nitrogen and oxygen atoms in total. The number of carbonyl (C=O) groups excluding carboxylic acids is 1. The van der Waals surface area contributed by atoms with Crippen LogP contribution in [0.2, 0.25) is 0 Å². The zero-order chi connectivity index (χ0) is 7.78. The highest BCUT2D eigenvalue weighted by Gasteiger charge is 2.31. The van der Waals surface area contributed by atoms with Gasteiger partial charge in [0.15, 0.2) is 0 Å². The second-order valence-electron chi connectivity index (χ2n) is 4.13. The molecule has 1 aliphatic rings. The molecule has 10 heavy (non-hydrogen) atoms. The second-order valence-corrected chi connectivity index (χ2v) is 4.13. The quantitative estimate of drug-likeness (QED) is 0.505. The number of Topliss-reactive ketones (excluding diaryl/α,β-unsaturated/α-hetero) is 1. The molecule has 58 valence electrons. The van der Waals surface area contributed by atoms with Crippen LogP contribution in [-0.2, 0) is 4.79 Å². The number of ketones is 1. The number of rotatable bonds is 0. The first-order valence-corrected chi connectivity index (χ1v) is 4.04. The summed E-state index contributed by atoms with van der Waals surface area (Å²) in [5.41, 5.74) is 0.397. The summed E-state index contributed by atoms with van der Waals surface area (Å²) in [6, 6.07) is 0. The molecule has 0 aromatic carbocycles. The lowest BCUT2D eigenvalue weighted by molar-refractivity contribution is -0.124. The summed E-state index contributed by atoms with van der Waals surface area (Å²) in [5, 5.41) is 0. The molecule has 1 heteroatoms. The van der Waals surface area contributed by atoms with Crippen LogP contribution in [-0.4, -0.2) is 5.78 Å². The molecule has 1 unspecified atom stereocenters. The van der Waals surface area contributed by atoms with Crippen LogP contribution in [0.25, 0.3) is 0 Å². The second kappa shape index (κ2) is 2.37. The van der Waals surface area contributed by atoms with E-state index in [0.717, 1.165) is 19.3 Å². The molecule has 0 heterocycles. The van der Waals surface area contributed by atoms with Gasteiger partial charge in [-0.15, -0.1) is 0 Å². The van der Waals surface area contributed by atoms with Gasteiger partial charge < -0.3 is 0 Å². The molecule has 0 aromatic heterocycles. The van der Waals surface area contributed by atoms with Crippen LogP contribution < -0.4 is 0 Å². The standard InChI is InChI=1S/C9H16O/c1-7-6-8(10)4-5-9(7,2)3/h7H,4-6H2,1-3H3. The first kappa shape index (κ1) is 7.77. The topological polar surface area (TPSA) is 17.1 Å². The Balaban J connectivity index is 2.60. The third-order valence-electron chi connectivity index (χ3n) is 2.92. The molecule has 0 spiro atoms. The molecular formula is C9H16O. The van der Waals surface area contributed by atoms with E-state index in [1.165, 1.54) is 0 Å². The number of carbonyl (C=O) groups is 1. The molecular weight excluding hydrogens is 124 g/mol. The van der Waals surface area contributed by atoms with E-state index in [2.05, 4.69) is 20.8 Å². The molecule has 1 fully saturated rings. The van der Waals surface area contributed by atoms with Crippen molar-refractivity contribution in [1.29, 1.82) is 0 Å². The van der Waals surface area contributed by atoms with Crippen molar-refractivity contribution in [2.75, 3.05) is 0 Å². The number of hydrogen-bond acceptors (Lipinski definition) is 1. The Morgan fingerprint density at radius 2 is 2.10 bits per heavy atom. The van der Waals surface area contributed by atoms with Gasteiger partial charge in [-0.25, -0.2) is 0 Å². The monoisotopic (exact) mass is 140 g/mol. The SMILES string of the molecule is CC1CC(=O)CCC1(C)C. The lowest BCUT2D eigenvalue weighted by Gasteiger charge is -2.35. The van der Waals surface area contributed by atoms with Crippen molar-refractivity contribution in [3.05, 3.63) is 0 Å². The molecule has 0 saturated heterocycles. The average Bonchev–Trinajstić information content (AvgIpc) is 1.81. The summed E-state index contributed by atoms with van der Waals surface area (Å²) in [7, 11) is 0. The molecule has 1 rings (SSSR count). The summed E-state index contributed by atoms with van der Waals surface area (Å²) in [6.07, 6.45) is 2.68. The van der Waals surface area contributed by atoms with Gasteiger partial charge in [0, 0.05) is 12.8 Å². The zero-order valence-corrected chi connectivity index (χ0v) is 7.11. The van der Waals surface area contributed by atoms with Crippen molar-refractivity contribution < 1.29 is 4.79 Å². The maximum absolute atomic E-state index is 11.0. The van der Waals surface area contributed by atoms with Gasteiger partial charge in [0.25, 0.3) is 0 Å². The minimum Gasteiger partial charge on any atom is -0.300 e. The van der Waals surface area contributed by atoms with Crippen molar-refractivity contribution >= 4 is 5.78 Å². The van der Waals surface area contributed by atoms with E-state index in [4.69, 9.17) is 0 Å². The van der Waals surface area contributed by atoms with Crippen LogP contribution in [0.15, 0.2) is 0 Å². The molecule has 1 aliphatic carbocycles. The molecule has 0 aliphatic heterocycles. The third-order valence-corrected chi connectivity index (χ3v) is 2.92. The average molecular weight is 140 g/mol. The molecule has 1 saturated carbocycles. The first-order valence-electron chi connectivity index (χ1n) is 4.04. The lowest BCUT2D eigenvalue weighted by Crippen LogP contribution is -2.29. The van der Waals surface area contributed by atoms with Gasteiger partial charge in [-0.3, -0.25) is 4.79 Å². The predicted molar refractivity (Wildman–Crippen MR) is 41.8 cm³/mol. The van der Waals surface area contributed by atoms with Crippen LogP contribution in [0.5, 0.6) is 0 Å². The maximum Gasteiger partial charge on any atom is 0.133 e. The largest absolute Gasteiger partial charge is 0.300 e. The molecule has 0 N–H and O–H groups in total. The highest BCUT2D eigenvalue weighted by Crippen LogP contribution is 2.38. The van der Waals surface area contributed by atoms with E-state index in [1.54, 1.807) is 0 Å². The fourth-order valence-electron chi connectivity index (χ4n) is 1.43. The van der Waals surface area contributed by atoms with Crippen LogP contribution in [0.1, 0.15) is 40.0 Å². The highest BCUT2D eigenvalue weighted by molar-refractivity contribution is 5.79. The molecule has 0 aromatic rings. The van der Waals surface area contributed by atoms with Crippen LogP contribution >= 0.6 is 0 Å². The van der Waals surface area contributed by atoms with Gasteiger partial charge in [-0.2, -0.15) is 0 Å². The van der Waals surface area contributed by atoms with Crippen molar-refractivity contribution in [2.24, 2.45) is 11.3 Å². The lowest BCUT2D eigenvalue weighted by atomic mass is 9.69. The first-order chi connectivity index (χ1) is 4.52. The Labute approximate surface area is 62.8 Å². The van der Waals surface area contributed by atoms with Crippen molar-refractivity contribution in [2.45, 2.75) is 40.0 Å². The molecule has 0 amide bonds. The van der Waals surface area contributed by atoms with Gasteiger partial charge in [0.1, 0.15) is 5.78 Å². The van der Waals surface area contributed by atoms with Gasteiger partial charge >= 0.3 is 0 Å². The Bertz CT molecular complexity index is 147. The zero-order valence-electron chi connectivity index (χ0n) is 7.11. The van der Waals surface area contributed by atoms with Crippen molar-refractivity contribution in [3.8, 4) is 0 Å². The van der Waals surface area contributed by atoms with Crippen LogP contribution in [0.3, 0.4) is 0 Å². The Hall–Kier alpha value is -0.330. The third kappa shape index (κ3) is 1.39. The summed E-state index contributed by atoms with van der Waals surface area (Å²) >= 11 is 0. The molecule has 0 bridgehead atoms. The van der Waals surface area contributed by atoms with E-state index in [9.17, 15) is 4.79 Å². The summed E-state index contributed by atoms with van der Waals surface area (Å²) < 4.78 is 0. The van der Waals surface area contributed by atoms with Crippen LogP contribution in [0.4, 0.5) is 0 Å². The maximum atomic E-state index is 11.0. The molecule has 0 radical (unpaired) electrons. The van der Waals surface area contributed by atoms with E-state index in [-0.39, 0.29) is 0 Å². The predicted octanol–water partition coefficient (Wildman–Crippen LogP) is 2.40. The molecule has 1 atom stereocenters. The van der Waals surface area contributed by atoms with Crippen LogP contribution in [0, 0.1) is 11.3 Å². The van der Waals surface area contributed by atoms with Gasteiger partial charge in [-0.1, -0.05) is 20.8 Å². The van der Waals surface area contributed by atoms with Gasteiger partial charge in [-0.05, 0) is 17.8 Å². The minimum absolute atomic E-state index is 0.397. The van der Waals surface area contributed by atoms with E-state index >= 15 is 0 Å². The van der Waals surface area contributed by atoms with Crippen molar-refractivity contribution in [3.63, 3.8) is 0 Å². The number of hydrogen-bond donors (Lipinski definition) is 0. The van der Waals surface area contributed by atoms with E-state index < -0.39 is 0 Å². The Kier molecular flexibility index (Phi) is 1.84. The minimum atomic E-state index is 0.397. The van der Waals surface area contributed by atoms with E-state index in [1.807, 2.05) is 0 Å². The van der Waals surface area contributed by atoms with Gasteiger partial charge in [0.05, 0.1) is 0 Å². The summed E-state index contributed by atoms with van der Waals surface area (Å²) in [5.74, 6) is 1.03. The van der Waals surface area contributed by atoms with E-state index in [0.29, 0.717) is 17.1 Å². The summed E-state index contributed by atoms with van der Waals surface area (Å²) in [6.45, 7) is 6.69.